The number of rotatable bonds is 7. The Bertz CT molecular complexity index is 640. The lowest BCUT2D eigenvalue weighted by Crippen LogP contribution is -2.36. The van der Waals surface area contributed by atoms with Crippen LogP contribution in [0.3, 0.4) is 0 Å². The molecule has 8 heteroatoms. The van der Waals surface area contributed by atoms with Crippen molar-refractivity contribution in [3.63, 3.8) is 0 Å². The number of aromatic nitrogens is 3. The molecule has 0 bridgehead atoms. The van der Waals surface area contributed by atoms with E-state index in [-0.39, 0.29) is 5.91 Å². The molecule has 1 aliphatic rings. The van der Waals surface area contributed by atoms with Crippen molar-refractivity contribution in [2.75, 3.05) is 49.6 Å². The largest absolute Gasteiger partial charge is 0.378 e. The van der Waals surface area contributed by atoms with Gasteiger partial charge in [-0.15, -0.1) is 5.10 Å². The number of amides is 1. The van der Waals surface area contributed by atoms with E-state index in [0.717, 1.165) is 32.0 Å². The molecule has 0 aromatic carbocycles. The zero-order chi connectivity index (χ0) is 16.6. The van der Waals surface area contributed by atoms with Crippen molar-refractivity contribution in [1.82, 2.24) is 20.1 Å². The topological polar surface area (TPSA) is 84.3 Å². The third-order valence-corrected chi connectivity index (χ3v) is 3.76. The van der Waals surface area contributed by atoms with Gasteiger partial charge in [0.05, 0.1) is 25.1 Å². The minimum absolute atomic E-state index is 0.0128. The summed E-state index contributed by atoms with van der Waals surface area (Å²) in [5.41, 5.74) is 1.03. The third-order valence-electron chi connectivity index (χ3n) is 3.76. The molecule has 0 atom stereocenters. The summed E-state index contributed by atoms with van der Waals surface area (Å²) < 4.78 is 7.19. The highest BCUT2D eigenvalue weighted by molar-refractivity contribution is 5.75. The van der Waals surface area contributed by atoms with E-state index in [4.69, 9.17) is 4.74 Å². The van der Waals surface area contributed by atoms with Gasteiger partial charge in [0.25, 0.3) is 0 Å². The number of nitrogens with one attached hydrogen (secondary N) is 2. The molecule has 128 valence electrons. The number of morpholine rings is 1. The molecule has 0 unspecified atom stereocenters. The first-order valence-corrected chi connectivity index (χ1v) is 8.08. The van der Waals surface area contributed by atoms with Gasteiger partial charge in [0.15, 0.2) is 5.82 Å². The molecule has 3 rings (SSSR count). The summed E-state index contributed by atoms with van der Waals surface area (Å²) in [6.07, 6.45) is 5.49. The second-order valence-electron chi connectivity index (χ2n) is 5.53. The molecular weight excluding hydrogens is 308 g/mol. The Hall–Kier alpha value is -2.61. The second kappa shape index (κ2) is 8.30. The van der Waals surface area contributed by atoms with E-state index in [1.54, 1.807) is 6.20 Å². The fourth-order valence-electron chi connectivity index (χ4n) is 2.53. The average Bonchev–Trinajstić information content (AvgIpc) is 3.13. The lowest BCUT2D eigenvalue weighted by atomic mass is 10.3. The normalized spacial score (nSPS) is 14.4. The lowest BCUT2D eigenvalue weighted by Gasteiger charge is -2.28. The van der Waals surface area contributed by atoms with Gasteiger partial charge >= 0.3 is 0 Å². The zero-order valence-electron chi connectivity index (χ0n) is 13.5. The van der Waals surface area contributed by atoms with E-state index in [2.05, 4.69) is 25.7 Å². The molecular formula is C16H22N6O2. The maximum atomic E-state index is 11.8. The Morgan fingerprint density at radius 1 is 1.21 bits per heavy atom. The predicted octanol–water partition coefficient (Wildman–Crippen LogP) is 0.343. The predicted molar refractivity (Wildman–Crippen MR) is 91.0 cm³/mol. The minimum Gasteiger partial charge on any atom is -0.378 e. The maximum absolute atomic E-state index is 11.8. The number of nitrogens with zero attached hydrogens (tertiary/aromatic N) is 4. The van der Waals surface area contributed by atoms with Crippen LogP contribution in [0.15, 0.2) is 36.8 Å². The van der Waals surface area contributed by atoms with Gasteiger partial charge in [-0.2, -0.15) is 5.10 Å². The van der Waals surface area contributed by atoms with Gasteiger partial charge in [-0.1, -0.05) is 0 Å². The van der Waals surface area contributed by atoms with E-state index in [1.807, 2.05) is 35.2 Å². The molecule has 1 amide bonds. The first kappa shape index (κ1) is 16.3. The number of ether oxygens (including phenoxy) is 1. The Kier molecular flexibility index (Phi) is 5.62. The zero-order valence-corrected chi connectivity index (χ0v) is 13.5. The van der Waals surface area contributed by atoms with Gasteiger partial charge < -0.3 is 24.8 Å². The second-order valence-corrected chi connectivity index (χ2v) is 5.53. The van der Waals surface area contributed by atoms with Gasteiger partial charge in [0.2, 0.25) is 5.91 Å². The molecule has 0 saturated carbocycles. The van der Waals surface area contributed by atoms with E-state index in [1.165, 1.54) is 0 Å². The van der Waals surface area contributed by atoms with Crippen LogP contribution in [-0.2, 0) is 16.1 Å². The summed E-state index contributed by atoms with van der Waals surface area (Å²) in [6.45, 7) is 4.65. The van der Waals surface area contributed by atoms with Crippen LogP contribution in [0.1, 0.15) is 0 Å². The van der Waals surface area contributed by atoms with Crippen LogP contribution in [0.2, 0.25) is 0 Å². The Labute approximate surface area is 140 Å². The Morgan fingerprint density at radius 3 is 2.79 bits per heavy atom. The monoisotopic (exact) mass is 330 g/mol. The number of carbonyl (C=O) groups is 1. The van der Waals surface area contributed by atoms with Crippen molar-refractivity contribution < 1.29 is 9.53 Å². The highest BCUT2D eigenvalue weighted by Crippen LogP contribution is 2.16. The van der Waals surface area contributed by atoms with Crippen molar-refractivity contribution >= 4 is 17.4 Å². The fraction of sp³-hybridized carbons (Fsp3) is 0.438. The van der Waals surface area contributed by atoms with Gasteiger partial charge in [-0.05, 0) is 12.1 Å². The average molecular weight is 330 g/mol. The van der Waals surface area contributed by atoms with E-state index < -0.39 is 0 Å². The molecule has 0 spiro atoms. The summed E-state index contributed by atoms with van der Waals surface area (Å²) in [5.74, 6) is 0.694. The number of anilines is 2. The standard InChI is InChI=1S/C16H22N6O2/c23-16(13-21-5-1-2-6-21)18-4-3-17-15-11-14(12-19-20-15)22-7-9-24-10-8-22/h1-2,5-6,11-12H,3-4,7-10,13H2,(H,17,20)(H,18,23). The summed E-state index contributed by atoms with van der Waals surface area (Å²) in [4.78, 5) is 14.0. The summed E-state index contributed by atoms with van der Waals surface area (Å²) in [7, 11) is 0. The first-order valence-electron chi connectivity index (χ1n) is 8.08. The lowest BCUT2D eigenvalue weighted by molar-refractivity contribution is -0.121. The van der Waals surface area contributed by atoms with Crippen LogP contribution in [-0.4, -0.2) is 60.1 Å². The van der Waals surface area contributed by atoms with Crippen LogP contribution in [0.4, 0.5) is 11.5 Å². The van der Waals surface area contributed by atoms with E-state index in [9.17, 15) is 4.79 Å². The van der Waals surface area contributed by atoms with Crippen molar-refractivity contribution in [3.8, 4) is 0 Å². The van der Waals surface area contributed by atoms with E-state index in [0.29, 0.717) is 25.5 Å². The molecule has 2 N–H and O–H groups in total. The van der Waals surface area contributed by atoms with Gasteiger partial charge in [0, 0.05) is 44.6 Å². The van der Waals surface area contributed by atoms with E-state index >= 15 is 0 Å². The molecule has 3 heterocycles. The fourth-order valence-corrected chi connectivity index (χ4v) is 2.53. The number of hydrogen-bond acceptors (Lipinski definition) is 6. The Morgan fingerprint density at radius 2 is 2.00 bits per heavy atom. The highest BCUT2D eigenvalue weighted by Gasteiger charge is 2.12. The minimum atomic E-state index is -0.0128. The maximum Gasteiger partial charge on any atom is 0.239 e. The summed E-state index contributed by atoms with van der Waals surface area (Å²) in [5, 5.41) is 14.2. The summed E-state index contributed by atoms with van der Waals surface area (Å²) in [6, 6.07) is 5.77. The molecule has 0 radical (unpaired) electrons. The smallest absolute Gasteiger partial charge is 0.239 e. The van der Waals surface area contributed by atoms with Crippen LogP contribution >= 0.6 is 0 Å². The van der Waals surface area contributed by atoms with Crippen LogP contribution < -0.4 is 15.5 Å². The SMILES string of the molecule is O=C(Cn1cccc1)NCCNc1cc(N2CCOCC2)cnn1. The van der Waals surface area contributed by atoms with Crippen LogP contribution in [0.5, 0.6) is 0 Å². The van der Waals surface area contributed by atoms with Crippen molar-refractivity contribution in [2.24, 2.45) is 0 Å². The van der Waals surface area contributed by atoms with Crippen LogP contribution in [0, 0.1) is 0 Å². The molecule has 8 nitrogen and oxygen atoms in total. The van der Waals surface area contributed by atoms with Gasteiger partial charge in [-0.25, -0.2) is 0 Å². The van der Waals surface area contributed by atoms with Crippen molar-refractivity contribution in [1.29, 1.82) is 0 Å². The van der Waals surface area contributed by atoms with Gasteiger partial charge in [-0.3, -0.25) is 4.79 Å². The number of hydrogen-bond donors (Lipinski definition) is 2. The molecule has 1 saturated heterocycles. The number of carbonyl (C=O) groups excluding carboxylic acids is 1. The molecule has 2 aromatic rings. The Balaban J connectivity index is 1.40. The quantitative estimate of drug-likeness (QED) is 0.713. The molecule has 24 heavy (non-hydrogen) atoms. The first-order chi connectivity index (χ1) is 11.8. The van der Waals surface area contributed by atoms with Gasteiger partial charge in [0.1, 0.15) is 6.54 Å². The molecule has 2 aromatic heterocycles. The van der Waals surface area contributed by atoms with Crippen LogP contribution in [0.25, 0.3) is 0 Å². The molecule has 1 fully saturated rings. The summed E-state index contributed by atoms with van der Waals surface area (Å²) >= 11 is 0. The molecule has 0 aliphatic carbocycles. The van der Waals surface area contributed by atoms with Crippen molar-refractivity contribution in [3.05, 3.63) is 36.8 Å². The highest BCUT2D eigenvalue weighted by atomic mass is 16.5. The van der Waals surface area contributed by atoms with Crippen molar-refractivity contribution in [2.45, 2.75) is 6.54 Å². The third kappa shape index (κ3) is 4.69. The molecule has 1 aliphatic heterocycles.